The molecule has 2 amide bonds. The first-order valence-corrected chi connectivity index (χ1v) is 11.5. The molecule has 1 saturated carbocycles. The number of aliphatic hydroxyl groups is 2. The molecule has 184 valence electrons. The van der Waals surface area contributed by atoms with Crippen LogP contribution in [-0.2, 0) is 9.59 Å². The average Bonchev–Trinajstić information content (AvgIpc) is 3.00. The fraction of sp³-hybridized carbons (Fsp3) is 0.667. The van der Waals surface area contributed by atoms with Gasteiger partial charge in [-0.05, 0) is 70.6 Å². The number of halogens is 3. The van der Waals surface area contributed by atoms with Crippen LogP contribution in [0.2, 0.25) is 0 Å². The van der Waals surface area contributed by atoms with E-state index in [2.05, 4.69) is 0 Å². The molecule has 1 aromatic carbocycles. The summed E-state index contributed by atoms with van der Waals surface area (Å²) in [5, 5.41) is 20.5. The second kappa shape index (κ2) is 9.25. The van der Waals surface area contributed by atoms with Crippen molar-refractivity contribution in [2.24, 2.45) is 5.92 Å². The zero-order valence-corrected chi connectivity index (χ0v) is 19.4. The predicted molar refractivity (Wildman–Crippen MR) is 117 cm³/mol. The highest BCUT2D eigenvalue weighted by Gasteiger charge is 2.45. The average molecular weight is 471 g/mol. The molecule has 6 nitrogen and oxygen atoms in total. The van der Waals surface area contributed by atoms with Crippen LogP contribution >= 0.6 is 0 Å². The maximum Gasteiger partial charge on any atom is 0.418 e. The number of hydrogen-bond acceptors (Lipinski definition) is 4. The Morgan fingerprint density at radius 2 is 1.76 bits per heavy atom. The van der Waals surface area contributed by atoms with Gasteiger partial charge in [0.1, 0.15) is 0 Å². The first-order valence-electron chi connectivity index (χ1n) is 11.5. The molecule has 1 aromatic rings. The standard InChI is InChI=1S/C24H33F3N2O4/c1-4-28(18-7-5-16(6-8-18)20(31)24(25,26)27)21(32)17-9-13-23(33,14-10-17)15-29-19(30)11-12-22(29,2)3/h5-8,17,20,31,33H,4,9-15H2,1-3H3. The lowest BCUT2D eigenvalue weighted by molar-refractivity contribution is -0.206. The number of amides is 2. The Kier molecular flexibility index (Phi) is 7.15. The summed E-state index contributed by atoms with van der Waals surface area (Å²) in [6.45, 7) is 6.39. The number of hydrogen-bond donors (Lipinski definition) is 2. The van der Waals surface area contributed by atoms with Crippen LogP contribution in [0.4, 0.5) is 18.9 Å². The van der Waals surface area contributed by atoms with Gasteiger partial charge in [-0.3, -0.25) is 9.59 Å². The lowest BCUT2D eigenvalue weighted by Gasteiger charge is -2.42. The first-order chi connectivity index (χ1) is 15.3. The zero-order valence-electron chi connectivity index (χ0n) is 19.4. The Morgan fingerprint density at radius 1 is 1.18 bits per heavy atom. The molecule has 1 saturated heterocycles. The monoisotopic (exact) mass is 470 g/mol. The van der Waals surface area contributed by atoms with E-state index in [4.69, 9.17) is 0 Å². The number of alkyl halides is 3. The Balaban J connectivity index is 1.63. The van der Waals surface area contributed by atoms with Crippen molar-refractivity contribution in [3.63, 3.8) is 0 Å². The van der Waals surface area contributed by atoms with Gasteiger partial charge < -0.3 is 20.0 Å². The molecular weight excluding hydrogens is 437 g/mol. The van der Waals surface area contributed by atoms with Gasteiger partial charge in [0.05, 0.1) is 5.60 Å². The van der Waals surface area contributed by atoms with Crippen LogP contribution in [0, 0.1) is 5.92 Å². The number of anilines is 1. The van der Waals surface area contributed by atoms with Gasteiger partial charge >= 0.3 is 6.18 Å². The minimum absolute atomic E-state index is 0.0443. The summed E-state index contributed by atoms with van der Waals surface area (Å²) in [4.78, 5) is 28.7. The topological polar surface area (TPSA) is 81.1 Å². The number of nitrogens with zero attached hydrogens (tertiary/aromatic N) is 2. The fourth-order valence-corrected chi connectivity index (χ4v) is 4.89. The lowest BCUT2D eigenvalue weighted by Crippen LogP contribution is -2.52. The molecule has 0 bridgehead atoms. The third kappa shape index (κ3) is 5.51. The fourth-order valence-electron chi connectivity index (χ4n) is 4.89. The highest BCUT2D eigenvalue weighted by atomic mass is 19.4. The van der Waals surface area contributed by atoms with Crippen molar-refractivity contribution in [2.75, 3.05) is 18.0 Å². The highest BCUT2D eigenvalue weighted by Crippen LogP contribution is 2.38. The maximum atomic E-state index is 13.2. The van der Waals surface area contributed by atoms with E-state index in [0.29, 0.717) is 44.3 Å². The third-order valence-corrected chi connectivity index (χ3v) is 7.11. The van der Waals surface area contributed by atoms with Gasteiger partial charge in [0.2, 0.25) is 11.8 Å². The predicted octanol–water partition coefficient (Wildman–Crippen LogP) is 3.96. The number of β-amino-alcohol motifs (C(OH)–C–C–N with tert-alkyl or cyclic N) is 1. The maximum absolute atomic E-state index is 13.2. The lowest BCUT2D eigenvalue weighted by atomic mass is 9.77. The van der Waals surface area contributed by atoms with E-state index in [1.165, 1.54) is 29.2 Å². The number of rotatable bonds is 6. The highest BCUT2D eigenvalue weighted by molar-refractivity contribution is 5.95. The van der Waals surface area contributed by atoms with Crippen molar-refractivity contribution in [2.45, 2.75) is 82.7 Å². The summed E-state index contributed by atoms with van der Waals surface area (Å²) in [6.07, 6.45) is -4.34. The van der Waals surface area contributed by atoms with Crippen molar-refractivity contribution in [1.29, 1.82) is 0 Å². The van der Waals surface area contributed by atoms with Crippen molar-refractivity contribution in [3.8, 4) is 0 Å². The Bertz CT molecular complexity index is 861. The van der Waals surface area contributed by atoms with Crippen molar-refractivity contribution < 1.29 is 33.0 Å². The summed E-state index contributed by atoms with van der Waals surface area (Å²) in [6, 6.07) is 5.17. The molecule has 1 aliphatic heterocycles. The van der Waals surface area contributed by atoms with Crippen molar-refractivity contribution in [3.05, 3.63) is 29.8 Å². The van der Waals surface area contributed by atoms with Crippen molar-refractivity contribution in [1.82, 2.24) is 4.90 Å². The van der Waals surface area contributed by atoms with E-state index >= 15 is 0 Å². The van der Waals surface area contributed by atoms with Crippen LogP contribution < -0.4 is 4.90 Å². The molecule has 0 aromatic heterocycles. The van der Waals surface area contributed by atoms with Gasteiger partial charge in [0, 0.05) is 36.7 Å². The van der Waals surface area contributed by atoms with Crippen LogP contribution in [0.15, 0.2) is 24.3 Å². The van der Waals surface area contributed by atoms with Gasteiger partial charge in [-0.15, -0.1) is 0 Å². The second-order valence-corrected chi connectivity index (χ2v) is 9.91. The molecule has 2 N–H and O–H groups in total. The van der Waals surface area contributed by atoms with E-state index < -0.39 is 17.9 Å². The van der Waals surface area contributed by atoms with Gasteiger partial charge in [-0.1, -0.05) is 12.1 Å². The number of carbonyl (C=O) groups is 2. The number of benzene rings is 1. The van der Waals surface area contributed by atoms with Gasteiger partial charge in [-0.25, -0.2) is 0 Å². The molecule has 0 radical (unpaired) electrons. The SMILES string of the molecule is CCN(C(=O)C1CCC(O)(CN2C(=O)CCC2(C)C)CC1)c1ccc(C(O)C(F)(F)F)cc1. The molecule has 1 unspecified atom stereocenters. The van der Waals surface area contributed by atoms with Crippen molar-refractivity contribution >= 4 is 17.5 Å². The molecule has 1 atom stereocenters. The van der Waals surface area contributed by atoms with Gasteiger partial charge in [0.25, 0.3) is 0 Å². The molecule has 2 fully saturated rings. The molecule has 33 heavy (non-hydrogen) atoms. The van der Waals surface area contributed by atoms with Crippen LogP contribution in [0.3, 0.4) is 0 Å². The summed E-state index contributed by atoms with van der Waals surface area (Å²) in [5.74, 6) is -0.405. The second-order valence-electron chi connectivity index (χ2n) is 9.91. The van der Waals surface area contributed by atoms with Crippen LogP contribution in [0.1, 0.15) is 71.0 Å². The molecule has 1 aliphatic carbocycles. The molecule has 9 heteroatoms. The van der Waals surface area contributed by atoms with Crippen LogP contribution in [0.25, 0.3) is 0 Å². The first kappa shape index (κ1) is 25.5. The molecule has 0 spiro atoms. The van der Waals surface area contributed by atoms with Crippen LogP contribution in [0.5, 0.6) is 0 Å². The largest absolute Gasteiger partial charge is 0.418 e. The van der Waals surface area contributed by atoms with Crippen LogP contribution in [-0.4, -0.2) is 57.3 Å². The summed E-state index contributed by atoms with van der Waals surface area (Å²) < 4.78 is 38.2. The smallest absolute Gasteiger partial charge is 0.388 e. The Morgan fingerprint density at radius 3 is 2.21 bits per heavy atom. The Hall–Kier alpha value is -2.13. The van der Waals surface area contributed by atoms with E-state index in [-0.39, 0.29) is 35.4 Å². The third-order valence-electron chi connectivity index (χ3n) is 7.11. The summed E-state index contributed by atoms with van der Waals surface area (Å²) in [5.41, 5.74) is -1.13. The Labute approximate surface area is 192 Å². The normalized spacial score (nSPS) is 26.4. The number of likely N-dealkylation sites (tertiary alicyclic amines) is 1. The quantitative estimate of drug-likeness (QED) is 0.660. The van der Waals surface area contributed by atoms with Gasteiger partial charge in [0.15, 0.2) is 6.10 Å². The van der Waals surface area contributed by atoms with E-state index in [1.807, 2.05) is 13.8 Å². The zero-order chi connectivity index (χ0) is 24.6. The minimum atomic E-state index is -4.75. The molecule has 2 aliphatic rings. The van der Waals surface area contributed by atoms with E-state index in [0.717, 1.165) is 6.42 Å². The molecule has 3 rings (SSSR count). The van der Waals surface area contributed by atoms with E-state index in [1.54, 1.807) is 11.8 Å². The number of aliphatic hydroxyl groups excluding tert-OH is 1. The van der Waals surface area contributed by atoms with E-state index in [9.17, 15) is 33.0 Å². The molecule has 1 heterocycles. The molecular formula is C24H33F3N2O4. The summed E-state index contributed by atoms with van der Waals surface area (Å²) in [7, 11) is 0. The van der Waals surface area contributed by atoms with Gasteiger partial charge in [-0.2, -0.15) is 13.2 Å². The summed E-state index contributed by atoms with van der Waals surface area (Å²) >= 11 is 0. The minimum Gasteiger partial charge on any atom is -0.388 e. The number of carbonyl (C=O) groups excluding carboxylic acids is 2.